The Bertz CT molecular complexity index is 85.2. The molecule has 0 aliphatic heterocycles. The highest BCUT2D eigenvalue weighted by Gasteiger charge is 2.08. The molecule has 0 spiro atoms. The van der Waals surface area contributed by atoms with Gasteiger partial charge in [0.15, 0.2) is 4.93 Å². The van der Waals surface area contributed by atoms with Gasteiger partial charge in [-0.15, -0.1) is 12.6 Å². The molecule has 0 saturated heterocycles. The van der Waals surface area contributed by atoms with Crippen LogP contribution in [-0.2, 0) is 4.74 Å². The van der Waals surface area contributed by atoms with Crippen LogP contribution in [0.5, 0.6) is 0 Å². The van der Waals surface area contributed by atoms with Gasteiger partial charge < -0.3 is 4.74 Å². The van der Waals surface area contributed by atoms with Crippen molar-refractivity contribution in [2.75, 3.05) is 0 Å². The van der Waals surface area contributed by atoms with E-state index < -0.39 is 4.93 Å². The lowest BCUT2D eigenvalue weighted by Crippen LogP contribution is -2.11. The van der Waals surface area contributed by atoms with E-state index >= 15 is 0 Å². The lowest BCUT2D eigenvalue weighted by Gasteiger charge is -2.12. The van der Waals surface area contributed by atoms with Crippen LogP contribution >= 0.6 is 12.6 Å². The fraction of sp³-hybridized carbons (Fsp3) is 0.600. The van der Waals surface area contributed by atoms with E-state index in [1.165, 1.54) is 0 Å². The minimum atomic E-state index is -0.491. The Balaban J connectivity index is 3.40. The summed E-state index contributed by atoms with van der Waals surface area (Å²) in [6.45, 7) is 3.55. The fourth-order valence-corrected chi connectivity index (χ4v) is 0.197. The molecule has 0 heterocycles. The Morgan fingerprint density at radius 2 is 2.14 bits per heavy atom. The molecule has 0 atom stereocenters. The summed E-state index contributed by atoms with van der Waals surface area (Å²) in [6, 6.07) is 0. The standard InChI is InChI=1S/C5H8OS/c1-4-6-5(2,3)7/h1,7H,2-3H3. The monoisotopic (exact) mass is 116 g/mol. The molecule has 0 radical (unpaired) electrons. The number of terminal acetylenes is 1. The van der Waals surface area contributed by atoms with E-state index in [0.29, 0.717) is 0 Å². The Morgan fingerprint density at radius 3 is 2.14 bits per heavy atom. The van der Waals surface area contributed by atoms with Crippen molar-refractivity contribution in [3.05, 3.63) is 0 Å². The van der Waals surface area contributed by atoms with Crippen LogP contribution in [0.4, 0.5) is 0 Å². The number of hydrogen-bond acceptors (Lipinski definition) is 2. The second-order valence-corrected chi connectivity index (χ2v) is 2.74. The summed E-state index contributed by atoms with van der Waals surface area (Å²) in [5.74, 6) is 0. The molecule has 0 N–H and O–H groups in total. The molecule has 0 bridgehead atoms. The van der Waals surface area contributed by atoms with Gasteiger partial charge in [0.05, 0.1) is 0 Å². The Kier molecular flexibility index (Phi) is 2.04. The van der Waals surface area contributed by atoms with Crippen LogP contribution < -0.4 is 0 Å². The minimum absolute atomic E-state index is 0.491. The van der Waals surface area contributed by atoms with E-state index in [2.05, 4.69) is 17.4 Å². The Morgan fingerprint density at radius 1 is 1.71 bits per heavy atom. The summed E-state index contributed by atoms with van der Waals surface area (Å²) in [7, 11) is 0. The zero-order chi connectivity index (χ0) is 5.91. The Hall–Kier alpha value is -0.290. The van der Waals surface area contributed by atoms with Crippen molar-refractivity contribution in [3.8, 4) is 12.5 Å². The maximum atomic E-state index is 4.79. The van der Waals surface area contributed by atoms with Gasteiger partial charge in [0.25, 0.3) is 0 Å². The van der Waals surface area contributed by atoms with Crippen LogP contribution in [0.2, 0.25) is 0 Å². The van der Waals surface area contributed by atoms with Crippen molar-refractivity contribution in [1.29, 1.82) is 0 Å². The Labute approximate surface area is 49.5 Å². The molecule has 0 aliphatic carbocycles. The van der Waals surface area contributed by atoms with Crippen LogP contribution in [0.1, 0.15) is 13.8 Å². The molecule has 0 aromatic rings. The number of rotatable bonds is 1. The topological polar surface area (TPSA) is 9.23 Å². The van der Waals surface area contributed by atoms with Crippen molar-refractivity contribution in [2.24, 2.45) is 0 Å². The second kappa shape index (κ2) is 2.13. The summed E-state index contributed by atoms with van der Waals surface area (Å²) in [5, 5.41) is 0. The molecule has 2 heteroatoms. The molecule has 40 valence electrons. The van der Waals surface area contributed by atoms with Crippen LogP contribution in [0.15, 0.2) is 0 Å². The van der Waals surface area contributed by atoms with Crippen LogP contribution in [-0.4, -0.2) is 4.93 Å². The highest BCUT2D eigenvalue weighted by molar-refractivity contribution is 7.81. The highest BCUT2D eigenvalue weighted by Crippen LogP contribution is 2.11. The zero-order valence-electron chi connectivity index (χ0n) is 4.43. The molecule has 0 aliphatic rings. The van der Waals surface area contributed by atoms with Gasteiger partial charge in [-0.1, -0.05) is 6.42 Å². The highest BCUT2D eigenvalue weighted by atomic mass is 32.1. The van der Waals surface area contributed by atoms with E-state index in [0.717, 1.165) is 0 Å². The summed E-state index contributed by atoms with van der Waals surface area (Å²) in [5.41, 5.74) is 0. The molecule has 0 aromatic carbocycles. The number of thiol groups is 1. The van der Waals surface area contributed by atoms with Crippen molar-refractivity contribution >= 4 is 12.6 Å². The fourth-order valence-electron chi connectivity index (χ4n) is 0.144. The number of hydrogen-bond donors (Lipinski definition) is 1. The van der Waals surface area contributed by atoms with Gasteiger partial charge >= 0.3 is 0 Å². The third-order valence-corrected chi connectivity index (χ3v) is 0.400. The normalized spacial score (nSPS) is 10.0. The first-order chi connectivity index (χ1) is 3.06. The smallest absolute Gasteiger partial charge is 0.158 e. The summed E-state index contributed by atoms with van der Waals surface area (Å²) in [4.78, 5) is -0.491. The third kappa shape index (κ3) is 5.71. The predicted octanol–water partition coefficient (Wildman–Crippen LogP) is 1.26. The van der Waals surface area contributed by atoms with Gasteiger partial charge in [-0.05, 0) is 13.8 Å². The molecule has 1 nitrogen and oxygen atoms in total. The predicted molar refractivity (Wildman–Crippen MR) is 33.0 cm³/mol. The molecule has 0 saturated carbocycles. The van der Waals surface area contributed by atoms with Gasteiger partial charge in [-0.25, -0.2) is 0 Å². The van der Waals surface area contributed by atoms with Gasteiger partial charge in [-0.2, -0.15) is 0 Å². The molecular formula is C5H8OS. The molecule has 7 heavy (non-hydrogen) atoms. The average molecular weight is 116 g/mol. The lowest BCUT2D eigenvalue weighted by atomic mass is 10.5. The molecule has 0 amide bonds. The van der Waals surface area contributed by atoms with Gasteiger partial charge in [0, 0.05) is 0 Å². The van der Waals surface area contributed by atoms with Crippen molar-refractivity contribution in [1.82, 2.24) is 0 Å². The quantitative estimate of drug-likeness (QED) is 0.308. The molecular weight excluding hydrogens is 108 g/mol. The third-order valence-electron chi connectivity index (χ3n) is 0.309. The second-order valence-electron chi connectivity index (χ2n) is 1.67. The van der Waals surface area contributed by atoms with Crippen LogP contribution in [0.25, 0.3) is 0 Å². The molecule has 0 unspecified atom stereocenters. The first kappa shape index (κ1) is 6.71. The molecule has 0 fully saturated rings. The van der Waals surface area contributed by atoms with E-state index in [-0.39, 0.29) is 0 Å². The number of ether oxygens (including phenoxy) is 1. The van der Waals surface area contributed by atoms with E-state index in [1.807, 2.05) is 6.11 Å². The molecule has 0 rings (SSSR count). The molecule has 0 aromatic heterocycles. The van der Waals surface area contributed by atoms with Crippen molar-refractivity contribution < 1.29 is 4.74 Å². The first-order valence-electron chi connectivity index (χ1n) is 1.92. The van der Waals surface area contributed by atoms with Gasteiger partial charge in [0.2, 0.25) is 0 Å². The van der Waals surface area contributed by atoms with E-state index in [1.54, 1.807) is 13.8 Å². The minimum Gasteiger partial charge on any atom is -0.430 e. The van der Waals surface area contributed by atoms with Crippen LogP contribution in [0, 0.1) is 12.5 Å². The van der Waals surface area contributed by atoms with Crippen molar-refractivity contribution in [2.45, 2.75) is 18.8 Å². The van der Waals surface area contributed by atoms with E-state index in [9.17, 15) is 0 Å². The SMILES string of the molecule is C#COC(C)(C)S. The average Bonchev–Trinajstić information content (AvgIpc) is 1.30. The van der Waals surface area contributed by atoms with Gasteiger partial charge in [-0.3, -0.25) is 0 Å². The first-order valence-corrected chi connectivity index (χ1v) is 2.37. The largest absolute Gasteiger partial charge is 0.430 e. The summed E-state index contributed by atoms with van der Waals surface area (Å²) >= 11 is 3.97. The van der Waals surface area contributed by atoms with Gasteiger partial charge in [0.1, 0.15) is 6.11 Å². The summed E-state index contributed by atoms with van der Waals surface area (Å²) in [6.07, 6.45) is 6.82. The summed E-state index contributed by atoms with van der Waals surface area (Å²) < 4.78 is 4.62. The maximum Gasteiger partial charge on any atom is 0.158 e. The zero-order valence-corrected chi connectivity index (χ0v) is 5.33. The van der Waals surface area contributed by atoms with Crippen molar-refractivity contribution in [3.63, 3.8) is 0 Å². The lowest BCUT2D eigenvalue weighted by molar-refractivity contribution is 0.172. The van der Waals surface area contributed by atoms with E-state index in [4.69, 9.17) is 6.42 Å². The van der Waals surface area contributed by atoms with Crippen LogP contribution in [0.3, 0.4) is 0 Å². The maximum absolute atomic E-state index is 4.79.